The van der Waals surface area contributed by atoms with E-state index >= 15 is 0 Å². The molecule has 0 amide bonds. The second kappa shape index (κ2) is 13.8. The molecule has 0 radical (unpaired) electrons. The lowest BCUT2D eigenvalue weighted by molar-refractivity contribution is -0.0723. The van der Waals surface area contributed by atoms with Crippen LogP contribution in [0.3, 0.4) is 0 Å². The van der Waals surface area contributed by atoms with Gasteiger partial charge in [0.05, 0.1) is 11.7 Å². The van der Waals surface area contributed by atoms with E-state index < -0.39 is 44.6 Å². The molecule has 3 aliphatic rings. The first-order valence-corrected chi connectivity index (χ1v) is 18.3. The van der Waals surface area contributed by atoms with Gasteiger partial charge in [0.1, 0.15) is 4.21 Å². The molecular formula is C36H43F2NO5S2. The number of rotatable bonds is 8. The predicted molar refractivity (Wildman–Crippen MR) is 177 cm³/mol. The lowest BCUT2D eigenvalue weighted by Crippen LogP contribution is -2.53. The number of thiophene rings is 1. The van der Waals surface area contributed by atoms with Crippen molar-refractivity contribution in [3.05, 3.63) is 99.4 Å². The lowest BCUT2D eigenvalue weighted by Gasteiger charge is -2.46. The molecule has 0 spiro atoms. The third-order valence-electron chi connectivity index (χ3n) is 10.1. The molecule has 3 aliphatic carbocycles. The normalized spacial score (nSPS) is 25.7. The van der Waals surface area contributed by atoms with Crippen LogP contribution in [0, 0.1) is 17.0 Å². The molecular weight excluding hydrogens is 629 g/mol. The van der Waals surface area contributed by atoms with Gasteiger partial charge in [0.25, 0.3) is 10.0 Å². The summed E-state index contributed by atoms with van der Waals surface area (Å²) in [6.45, 7) is 6.09. The van der Waals surface area contributed by atoms with Crippen LogP contribution in [0.4, 0.5) is 8.78 Å². The fraction of sp³-hybridized carbons (Fsp3) is 0.472. The van der Waals surface area contributed by atoms with Crippen LogP contribution in [0.2, 0.25) is 0 Å². The van der Waals surface area contributed by atoms with Gasteiger partial charge in [-0.25, -0.2) is 17.2 Å². The molecule has 1 aromatic heterocycles. The minimum Gasteiger partial charge on any atom is -0.393 e. The predicted octanol–water partition coefficient (Wildman–Crippen LogP) is 7.40. The summed E-state index contributed by atoms with van der Waals surface area (Å²) in [6.07, 6.45) is 5.57. The molecule has 1 saturated carbocycles. The second-order valence-electron chi connectivity index (χ2n) is 13.2. The van der Waals surface area contributed by atoms with E-state index in [2.05, 4.69) is 6.08 Å². The van der Waals surface area contributed by atoms with Crippen molar-refractivity contribution in [3.63, 3.8) is 0 Å². The van der Waals surface area contributed by atoms with Gasteiger partial charge in [-0.15, -0.1) is 11.3 Å². The van der Waals surface area contributed by atoms with Crippen molar-refractivity contribution < 1.29 is 32.2 Å². The highest BCUT2D eigenvalue weighted by Gasteiger charge is 2.58. The van der Waals surface area contributed by atoms with E-state index in [-0.39, 0.29) is 28.8 Å². The molecule has 2 bridgehead atoms. The average molecular weight is 672 g/mol. The van der Waals surface area contributed by atoms with Crippen molar-refractivity contribution in [3.8, 4) is 0 Å². The molecule has 6 rings (SSSR count). The molecule has 3 aromatic rings. The average Bonchev–Trinajstić information content (AvgIpc) is 3.65. The van der Waals surface area contributed by atoms with Gasteiger partial charge in [-0.2, -0.15) is 4.31 Å². The zero-order valence-electron chi connectivity index (χ0n) is 26.6. The number of hydrogen-bond acceptors (Lipinski definition) is 6. The summed E-state index contributed by atoms with van der Waals surface area (Å²) < 4.78 is 57.3. The maximum Gasteiger partial charge on any atom is 0.252 e. The topological polar surface area (TPSA) is 94.9 Å². The fourth-order valence-electron chi connectivity index (χ4n) is 7.35. The molecule has 6 nitrogen and oxygen atoms in total. The third kappa shape index (κ3) is 6.78. The largest absolute Gasteiger partial charge is 0.393 e. The third-order valence-corrected chi connectivity index (χ3v) is 13.3. The molecule has 10 heteroatoms. The Labute approximate surface area is 274 Å². The van der Waals surface area contributed by atoms with Gasteiger partial charge >= 0.3 is 0 Å². The molecule has 4 atom stereocenters. The second-order valence-corrected chi connectivity index (χ2v) is 16.3. The number of carbonyl (C=O) groups is 1. The maximum atomic E-state index is 14.3. The first kappa shape index (κ1) is 34.6. The molecule has 0 unspecified atom stereocenters. The summed E-state index contributed by atoms with van der Waals surface area (Å²) in [5.74, 6) is -2.98. The number of fused-ring (bicyclic) bond motifs is 8. The zero-order valence-corrected chi connectivity index (χ0v) is 28.3. The number of sulfonamides is 1. The van der Waals surface area contributed by atoms with Gasteiger partial charge in [0, 0.05) is 29.6 Å². The van der Waals surface area contributed by atoms with Crippen molar-refractivity contribution in [1.82, 2.24) is 4.31 Å². The monoisotopic (exact) mass is 671 g/mol. The molecule has 0 saturated heterocycles. The van der Waals surface area contributed by atoms with Gasteiger partial charge in [0.15, 0.2) is 17.4 Å². The van der Waals surface area contributed by atoms with Crippen molar-refractivity contribution in [2.24, 2.45) is 5.41 Å². The molecule has 46 heavy (non-hydrogen) atoms. The van der Waals surface area contributed by atoms with Crippen LogP contribution in [0.25, 0.3) is 0 Å². The quantitative estimate of drug-likeness (QED) is 0.192. The number of ketones is 1. The Morgan fingerprint density at radius 2 is 1.87 bits per heavy atom. The van der Waals surface area contributed by atoms with Crippen LogP contribution < -0.4 is 0 Å². The van der Waals surface area contributed by atoms with Crippen molar-refractivity contribution >= 4 is 27.1 Å². The van der Waals surface area contributed by atoms with E-state index in [4.69, 9.17) is 0 Å². The number of nitrogens with zero attached hydrogens (tertiary/aromatic N) is 1. The van der Waals surface area contributed by atoms with E-state index in [0.717, 1.165) is 34.6 Å². The van der Waals surface area contributed by atoms with Crippen LogP contribution in [0.15, 0.2) is 69.8 Å². The Morgan fingerprint density at radius 3 is 2.57 bits per heavy atom. The van der Waals surface area contributed by atoms with Crippen LogP contribution in [-0.2, 0) is 16.4 Å². The van der Waals surface area contributed by atoms with E-state index in [1.165, 1.54) is 10.4 Å². The van der Waals surface area contributed by atoms with Crippen LogP contribution in [0.1, 0.15) is 98.7 Å². The minimum absolute atomic E-state index is 0.00338. The number of aliphatic hydroxyl groups is 2. The first-order valence-electron chi connectivity index (χ1n) is 16.0. The van der Waals surface area contributed by atoms with Crippen LogP contribution in [0.5, 0.6) is 0 Å². The van der Waals surface area contributed by atoms with Gasteiger partial charge in [-0.1, -0.05) is 43.7 Å². The summed E-state index contributed by atoms with van der Waals surface area (Å²) in [4.78, 5) is 14.1. The molecule has 248 valence electrons. The fourth-order valence-corrected chi connectivity index (χ4v) is 10.1. The first-order chi connectivity index (χ1) is 21.8. The summed E-state index contributed by atoms with van der Waals surface area (Å²) in [7, 11) is -3.85. The van der Waals surface area contributed by atoms with E-state index in [1.807, 2.05) is 32.9 Å². The summed E-state index contributed by atoms with van der Waals surface area (Å²) in [5, 5.41) is 25.2. The highest BCUT2D eigenvalue weighted by Crippen LogP contribution is 2.59. The van der Waals surface area contributed by atoms with E-state index in [0.29, 0.717) is 62.5 Å². The molecule has 1 fully saturated rings. The molecule has 2 aromatic carbocycles. The SMILES string of the molecule is CCCN(C[C@]1(O)CC[C@H]2c3ccc(cc3C(=O)c3ccc(F)c(F)c3)C[C@@H](O)CCC(C)=CCC[C@@]21C)S(=O)(=O)c1cccs1. The Balaban J connectivity index is 1.63. The molecule has 0 aliphatic heterocycles. The van der Waals surface area contributed by atoms with Gasteiger partial charge in [0.2, 0.25) is 0 Å². The minimum atomic E-state index is -3.85. The number of allylic oxidation sites excluding steroid dienone is 2. The standard InChI is InChI=1S/C36H43F2NO5S2/c1-4-18-39(46(43,44)33-8-6-19-45-33)23-36(42)17-15-30-28-13-10-25(20-27(40)12-9-24(2)7-5-16-35(30,36)3)21-29(28)34(41)26-11-14-31(37)32(38)22-26/h6-8,10-11,13-14,19,21-22,27,30,40,42H,4-5,9,12,15-18,20,23H2,1-3H3/t27-,30-,35-,36+/m0/s1. The van der Waals surface area contributed by atoms with Crippen LogP contribution in [-0.4, -0.2) is 53.5 Å². The summed E-state index contributed by atoms with van der Waals surface area (Å²) >= 11 is 1.15. The molecule has 1 heterocycles. The number of hydrogen-bond donors (Lipinski definition) is 2. The Morgan fingerprint density at radius 1 is 1.09 bits per heavy atom. The Hall–Kier alpha value is -2.76. The Kier molecular flexibility index (Phi) is 10.3. The maximum absolute atomic E-state index is 14.3. The van der Waals surface area contributed by atoms with E-state index in [9.17, 15) is 32.2 Å². The number of aliphatic hydroxyl groups excluding tert-OH is 1. The smallest absolute Gasteiger partial charge is 0.252 e. The number of benzene rings is 2. The van der Waals surface area contributed by atoms with E-state index in [1.54, 1.807) is 23.6 Å². The zero-order chi connectivity index (χ0) is 33.3. The van der Waals surface area contributed by atoms with Gasteiger partial charge < -0.3 is 10.2 Å². The lowest BCUT2D eigenvalue weighted by atomic mass is 9.64. The number of halogens is 2. The summed E-state index contributed by atoms with van der Waals surface area (Å²) in [6, 6.07) is 11.9. The summed E-state index contributed by atoms with van der Waals surface area (Å²) in [5.41, 5.74) is 0.593. The van der Waals surface area contributed by atoms with Crippen LogP contribution >= 0.6 is 11.3 Å². The number of carbonyl (C=O) groups excluding carboxylic acids is 1. The molecule has 2 N–H and O–H groups in total. The highest BCUT2D eigenvalue weighted by atomic mass is 32.2. The highest BCUT2D eigenvalue weighted by molar-refractivity contribution is 7.91. The van der Waals surface area contributed by atoms with Gasteiger partial charge in [-0.05, 0) is 111 Å². The van der Waals surface area contributed by atoms with Crippen molar-refractivity contribution in [2.75, 3.05) is 13.1 Å². The Bertz CT molecular complexity index is 1710. The van der Waals surface area contributed by atoms with Crippen molar-refractivity contribution in [2.45, 2.75) is 94.0 Å². The van der Waals surface area contributed by atoms with Crippen molar-refractivity contribution in [1.29, 1.82) is 0 Å². The van der Waals surface area contributed by atoms with Gasteiger partial charge in [-0.3, -0.25) is 4.79 Å².